The predicted octanol–water partition coefficient (Wildman–Crippen LogP) is 2.24. The van der Waals surface area contributed by atoms with E-state index in [0.717, 1.165) is 11.4 Å². The first-order valence-electron chi connectivity index (χ1n) is 3.95. The van der Waals surface area contributed by atoms with Crippen molar-refractivity contribution in [1.29, 1.82) is 0 Å². The number of hydrogen-bond acceptors (Lipinski definition) is 2. The molecule has 0 atom stereocenters. The summed E-state index contributed by atoms with van der Waals surface area (Å²) in [5.41, 5.74) is 7.50. The highest BCUT2D eigenvalue weighted by Gasteiger charge is 1.93. The summed E-state index contributed by atoms with van der Waals surface area (Å²) < 4.78 is 0. The molecular formula is C10H14N2. The highest BCUT2D eigenvalue weighted by Crippen LogP contribution is 2.14. The van der Waals surface area contributed by atoms with Gasteiger partial charge in [-0.15, -0.1) is 0 Å². The fourth-order valence-electron chi connectivity index (χ4n) is 1.02. The van der Waals surface area contributed by atoms with Crippen LogP contribution in [-0.4, -0.2) is 7.05 Å². The molecule has 0 aliphatic heterocycles. The van der Waals surface area contributed by atoms with E-state index in [1.165, 1.54) is 0 Å². The Bertz CT molecular complexity index is 262. The molecule has 1 aromatic carbocycles. The van der Waals surface area contributed by atoms with Crippen LogP contribution < -0.4 is 10.6 Å². The molecule has 0 spiro atoms. The second kappa shape index (κ2) is 3.81. The van der Waals surface area contributed by atoms with Gasteiger partial charge in [0.25, 0.3) is 0 Å². The van der Waals surface area contributed by atoms with Gasteiger partial charge >= 0.3 is 0 Å². The second-order valence-electron chi connectivity index (χ2n) is 2.68. The van der Waals surface area contributed by atoms with Crippen LogP contribution in [0.4, 0.5) is 11.4 Å². The number of anilines is 2. The van der Waals surface area contributed by atoms with Crippen molar-refractivity contribution in [1.82, 2.24) is 0 Å². The molecule has 0 saturated heterocycles. The van der Waals surface area contributed by atoms with Gasteiger partial charge in [0.1, 0.15) is 0 Å². The molecule has 0 fully saturated rings. The second-order valence-corrected chi connectivity index (χ2v) is 2.68. The van der Waals surface area contributed by atoms with Crippen molar-refractivity contribution < 1.29 is 0 Å². The molecule has 1 aromatic rings. The zero-order valence-corrected chi connectivity index (χ0v) is 7.49. The van der Waals surface area contributed by atoms with Crippen LogP contribution >= 0.6 is 0 Å². The summed E-state index contributed by atoms with van der Waals surface area (Å²) in [5, 5.41) is 0. The Morgan fingerprint density at radius 2 is 1.83 bits per heavy atom. The van der Waals surface area contributed by atoms with Gasteiger partial charge < -0.3 is 10.6 Å². The van der Waals surface area contributed by atoms with Gasteiger partial charge in [-0.2, -0.15) is 0 Å². The first kappa shape index (κ1) is 8.65. The van der Waals surface area contributed by atoms with Crippen molar-refractivity contribution in [2.24, 2.45) is 0 Å². The fourth-order valence-corrected chi connectivity index (χ4v) is 1.02. The summed E-state index contributed by atoms with van der Waals surface area (Å²) >= 11 is 0. The Balaban J connectivity index is 2.82. The minimum Gasteiger partial charge on any atom is -0.399 e. The molecule has 12 heavy (non-hydrogen) atoms. The molecule has 2 nitrogen and oxygen atoms in total. The lowest BCUT2D eigenvalue weighted by atomic mass is 10.3. The summed E-state index contributed by atoms with van der Waals surface area (Å²) in [7, 11) is 2.01. The van der Waals surface area contributed by atoms with Crippen LogP contribution in [0.2, 0.25) is 0 Å². The Hall–Kier alpha value is -1.44. The Kier molecular flexibility index (Phi) is 2.75. The molecule has 0 amide bonds. The Morgan fingerprint density at radius 3 is 2.33 bits per heavy atom. The number of benzene rings is 1. The minimum atomic E-state index is 0.799. The van der Waals surface area contributed by atoms with E-state index in [2.05, 4.69) is 0 Å². The molecule has 0 heterocycles. The lowest BCUT2D eigenvalue weighted by Crippen LogP contribution is -2.07. The zero-order valence-electron chi connectivity index (χ0n) is 7.49. The van der Waals surface area contributed by atoms with Crippen molar-refractivity contribution in [2.75, 3.05) is 17.7 Å². The number of hydrogen-bond donors (Lipinski definition) is 1. The van der Waals surface area contributed by atoms with E-state index in [0.29, 0.717) is 0 Å². The van der Waals surface area contributed by atoms with E-state index < -0.39 is 0 Å². The van der Waals surface area contributed by atoms with Crippen LogP contribution in [0.1, 0.15) is 6.92 Å². The average molecular weight is 162 g/mol. The van der Waals surface area contributed by atoms with Crippen LogP contribution in [0.5, 0.6) is 0 Å². The highest BCUT2D eigenvalue weighted by atomic mass is 15.1. The third-order valence-corrected chi connectivity index (χ3v) is 1.67. The van der Waals surface area contributed by atoms with Gasteiger partial charge in [0.05, 0.1) is 0 Å². The molecule has 0 unspecified atom stereocenters. The number of nitrogens with zero attached hydrogens (tertiary/aromatic N) is 1. The summed E-state index contributed by atoms with van der Waals surface area (Å²) in [6.45, 7) is 1.99. The Labute approximate surface area is 73.3 Å². The minimum absolute atomic E-state index is 0.799. The monoisotopic (exact) mass is 162 g/mol. The molecule has 64 valence electrons. The maximum Gasteiger partial charge on any atom is 0.0404 e. The average Bonchev–Trinajstić information content (AvgIpc) is 2.06. The first-order chi connectivity index (χ1) is 5.74. The van der Waals surface area contributed by atoms with E-state index >= 15 is 0 Å². The summed E-state index contributed by atoms with van der Waals surface area (Å²) in [6, 6.07) is 7.79. The third-order valence-electron chi connectivity index (χ3n) is 1.67. The SMILES string of the molecule is C/C=C\N(C)c1ccc(N)cc1. The first-order valence-corrected chi connectivity index (χ1v) is 3.95. The summed E-state index contributed by atoms with van der Waals surface area (Å²) in [6.07, 6.45) is 4.00. The predicted molar refractivity (Wildman–Crippen MR) is 54.1 cm³/mol. The molecule has 0 aromatic heterocycles. The molecule has 1 rings (SSSR count). The normalized spacial score (nSPS) is 10.5. The van der Waals surface area contributed by atoms with E-state index in [1.807, 2.05) is 55.4 Å². The van der Waals surface area contributed by atoms with Crippen LogP contribution in [0.25, 0.3) is 0 Å². The van der Waals surface area contributed by atoms with Gasteiger partial charge in [-0.3, -0.25) is 0 Å². The molecule has 0 aliphatic carbocycles. The van der Waals surface area contributed by atoms with E-state index in [1.54, 1.807) is 0 Å². The summed E-state index contributed by atoms with van der Waals surface area (Å²) in [4.78, 5) is 2.04. The third kappa shape index (κ3) is 2.02. The van der Waals surface area contributed by atoms with Crippen molar-refractivity contribution >= 4 is 11.4 Å². The molecule has 2 N–H and O–H groups in total. The molecule has 0 aliphatic rings. The van der Waals surface area contributed by atoms with Crippen molar-refractivity contribution in [3.63, 3.8) is 0 Å². The molecule has 0 radical (unpaired) electrons. The van der Waals surface area contributed by atoms with E-state index in [4.69, 9.17) is 5.73 Å². The maximum absolute atomic E-state index is 5.56. The lowest BCUT2D eigenvalue weighted by molar-refractivity contribution is 1.20. The molecule has 2 heteroatoms. The lowest BCUT2D eigenvalue weighted by Gasteiger charge is -2.13. The van der Waals surface area contributed by atoms with Crippen LogP contribution in [0.3, 0.4) is 0 Å². The topological polar surface area (TPSA) is 29.3 Å². The standard InChI is InChI=1S/C10H14N2/c1-3-8-12(2)10-6-4-9(11)5-7-10/h3-8H,11H2,1-2H3/b8-3-. The maximum atomic E-state index is 5.56. The van der Waals surface area contributed by atoms with Gasteiger partial charge in [0.15, 0.2) is 0 Å². The highest BCUT2D eigenvalue weighted by molar-refractivity contribution is 5.54. The molecule has 0 saturated carbocycles. The number of rotatable bonds is 2. The fraction of sp³-hybridized carbons (Fsp3) is 0.200. The zero-order chi connectivity index (χ0) is 8.97. The number of nitrogens with two attached hydrogens (primary N) is 1. The largest absolute Gasteiger partial charge is 0.399 e. The van der Waals surface area contributed by atoms with Gasteiger partial charge in [-0.25, -0.2) is 0 Å². The number of nitrogen functional groups attached to an aromatic ring is 1. The van der Waals surface area contributed by atoms with Crippen molar-refractivity contribution in [3.8, 4) is 0 Å². The van der Waals surface area contributed by atoms with E-state index in [-0.39, 0.29) is 0 Å². The Morgan fingerprint density at radius 1 is 1.25 bits per heavy atom. The van der Waals surface area contributed by atoms with Crippen LogP contribution in [0.15, 0.2) is 36.5 Å². The van der Waals surface area contributed by atoms with Gasteiger partial charge in [0, 0.05) is 18.4 Å². The molecule has 0 bridgehead atoms. The van der Waals surface area contributed by atoms with Crippen LogP contribution in [-0.2, 0) is 0 Å². The van der Waals surface area contributed by atoms with Gasteiger partial charge in [0.2, 0.25) is 0 Å². The van der Waals surface area contributed by atoms with Crippen molar-refractivity contribution in [2.45, 2.75) is 6.92 Å². The smallest absolute Gasteiger partial charge is 0.0404 e. The van der Waals surface area contributed by atoms with Gasteiger partial charge in [-0.05, 0) is 37.4 Å². The molecular weight excluding hydrogens is 148 g/mol. The number of allylic oxidation sites excluding steroid dienone is 1. The van der Waals surface area contributed by atoms with E-state index in [9.17, 15) is 0 Å². The quantitative estimate of drug-likeness (QED) is 0.676. The van der Waals surface area contributed by atoms with Gasteiger partial charge in [-0.1, -0.05) is 6.08 Å². The van der Waals surface area contributed by atoms with Crippen molar-refractivity contribution in [3.05, 3.63) is 36.5 Å². The summed E-state index contributed by atoms with van der Waals surface area (Å²) in [5.74, 6) is 0. The van der Waals surface area contributed by atoms with Crippen LogP contribution in [0, 0.1) is 0 Å².